The monoisotopic (exact) mass is 489 g/mol. The number of carbonyl (C=O) groups excluding carboxylic acids is 1. The fourth-order valence-electron chi connectivity index (χ4n) is 3.85. The molecule has 0 atom stereocenters. The predicted octanol–water partition coefficient (Wildman–Crippen LogP) is 5.54. The Morgan fingerprint density at radius 1 is 0.861 bits per heavy atom. The van der Waals surface area contributed by atoms with E-state index < -0.39 is 0 Å². The first-order valence-corrected chi connectivity index (χ1v) is 12.1. The van der Waals surface area contributed by atoms with E-state index in [0.717, 1.165) is 21.8 Å². The molecule has 0 aliphatic carbocycles. The van der Waals surface area contributed by atoms with Gasteiger partial charge in [0.2, 0.25) is 5.82 Å². The zero-order valence-corrected chi connectivity index (χ0v) is 20.0. The van der Waals surface area contributed by atoms with Crippen LogP contribution in [0.15, 0.2) is 91.1 Å². The van der Waals surface area contributed by atoms with Gasteiger partial charge >= 0.3 is 0 Å². The number of rotatable bonds is 5. The minimum Gasteiger partial charge on any atom is -0.321 e. The highest BCUT2D eigenvalue weighted by Crippen LogP contribution is 2.29. The van der Waals surface area contributed by atoms with E-state index in [1.807, 2.05) is 91.9 Å². The Morgan fingerprint density at radius 2 is 1.69 bits per heavy atom. The number of fused-ring (bicyclic) bond motifs is 1. The Morgan fingerprint density at radius 3 is 2.53 bits per heavy atom. The van der Waals surface area contributed by atoms with E-state index in [1.165, 1.54) is 11.3 Å². The van der Waals surface area contributed by atoms with Gasteiger partial charge in [-0.3, -0.25) is 9.78 Å². The second kappa shape index (κ2) is 9.12. The largest absolute Gasteiger partial charge is 0.321 e. The van der Waals surface area contributed by atoms with Gasteiger partial charge in [0.05, 0.1) is 11.4 Å². The topological polar surface area (TPSA) is 98.0 Å². The highest BCUT2D eigenvalue weighted by Gasteiger charge is 2.17. The van der Waals surface area contributed by atoms with Crippen molar-refractivity contribution in [1.29, 1.82) is 0 Å². The summed E-state index contributed by atoms with van der Waals surface area (Å²) in [6, 6.07) is 26.8. The average Bonchev–Trinajstić information content (AvgIpc) is 3.53. The van der Waals surface area contributed by atoms with Gasteiger partial charge < -0.3 is 5.32 Å². The maximum absolute atomic E-state index is 13.1. The Bertz CT molecular complexity index is 1690. The van der Waals surface area contributed by atoms with Crippen molar-refractivity contribution in [1.82, 2.24) is 29.8 Å². The van der Waals surface area contributed by atoms with Crippen LogP contribution in [-0.2, 0) is 0 Å². The van der Waals surface area contributed by atoms with E-state index >= 15 is 0 Å². The Labute approximate surface area is 210 Å². The molecule has 1 N–H and O–H groups in total. The summed E-state index contributed by atoms with van der Waals surface area (Å²) in [7, 11) is 0. The van der Waals surface area contributed by atoms with Gasteiger partial charge in [0, 0.05) is 23.0 Å². The van der Waals surface area contributed by atoms with Gasteiger partial charge in [0.1, 0.15) is 15.6 Å². The van der Waals surface area contributed by atoms with Crippen molar-refractivity contribution in [2.24, 2.45) is 0 Å². The van der Waals surface area contributed by atoms with Gasteiger partial charge in [-0.15, -0.1) is 21.5 Å². The van der Waals surface area contributed by atoms with Crippen molar-refractivity contribution in [2.45, 2.75) is 6.92 Å². The minimum absolute atomic E-state index is 0.191. The first kappa shape index (κ1) is 21.8. The molecule has 2 aromatic carbocycles. The van der Waals surface area contributed by atoms with Crippen LogP contribution in [0.4, 0.5) is 5.69 Å². The smallest absolute Gasteiger partial charge is 0.267 e. The Kier molecular flexibility index (Phi) is 5.51. The van der Waals surface area contributed by atoms with Crippen molar-refractivity contribution in [3.05, 3.63) is 102 Å². The summed E-state index contributed by atoms with van der Waals surface area (Å²) in [6.45, 7) is 1.85. The summed E-state index contributed by atoms with van der Waals surface area (Å²) in [5, 5.41) is 17.0. The number of pyridine rings is 1. The van der Waals surface area contributed by atoms with Crippen LogP contribution in [0.5, 0.6) is 0 Å². The first-order valence-electron chi connectivity index (χ1n) is 11.2. The number of nitrogens with zero attached hydrogens (tertiary/aromatic N) is 6. The van der Waals surface area contributed by atoms with Crippen molar-refractivity contribution in [3.8, 4) is 33.3 Å². The molecule has 0 fully saturated rings. The molecule has 8 nitrogen and oxygen atoms in total. The lowest BCUT2D eigenvalue weighted by Crippen LogP contribution is -2.11. The molecule has 4 aromatic heterocycles. The molecule has 0 bridgehead atoms. The molecule has 9 heteroatoms. The number of aromatic nitrogens is 6. The predicted molar refractivity (Wildman–Crippen MR) is 140 cm³/mol. The molecule has 0 spiro atoms. The number of hydrogen-bond donors (Lipinski definition) is 1. The van der Waals surface area contributed by atoms with Crippen LogP contribution in [0.1, 0.15) is 15.4 Å². The third kappa shape index (κ3) is 4.12. The number of amides is 1. The number of carbonyl (C=O) groups is 1. The maximum Gasteiger partial charge on any atom is 0.267 e. The highest BCUT2D eigenvalue weighted by atomic mass is 32.1. The number of thiazole rings is 1. The van der Waals surface area contributed by atoms with Crippen LogP contribution in [0.25, 0.3) is 39.0 Å². The molecule has 0 aliphatic heterocycles. The van der Waals surface area contributed by atoms with Gasteiger partial charge in [-0.05, 0) is 43.3 Å². The first-order chi connectivity index (χ1) is 17.7. The van der Waals surface area contributed by atoms with E-state index in [4.69, 9.17) is 5.10 Å². The number of anilines is 1. The van der Waals surface area contributed by atoms with E-state index in [1.54, 1.807) is 10.7 Å². The number of nitrogens with one attached hydrogen (secondary N) is 1. The third-order valence-corrected chi connectivity index (χ3v) is 6.80. The fourth-order valence-corrected chi connectivity index (χ4v) is 4.82. The van der Waals surface area contributed by atoms with Gasteiger partial charge in [0.25, 0.3) is 5.91 Å². The van der Waals surface area contributed by atoms with Crippen molar-refractivity contribution < 1.29 is 4.79 Å². The Balaban J connectivity index is 1.28. The van der Waals surface area contributed by atoms with Gasteiger partial charge in [0.15, 0.2) is 5.65 Å². The summed E-state index contributed by atoms with van der Waals surface area (Å²) in [5.41, 5.74) is 5.24. The fraction of sp³-hybridized carbons (Fsp3) is 0.0370. The highest BCUT2D eigenvalue weighted by molar-refractivity contribution is 7.17. The lowest BCUT2D eigenvalue weighted by atomic mass is 10.1. The van der Waals surface area contributed by atoms with Gasteiger partial charge in [-0.2, -0.15) is 9.61 Å². The summed E-state index contributed by atoms with van der Waals surface area (Å²) in [4.78, 5) is 22.6. The zero-order chi connectivity index (χ0) is 24.5. The molecule has 36 heavy (non-hydrogen) atoms. The van der Waals surface area contributed by atoms with Crippen LogP contribution in [0.2, 0.25) is 0 Å². The van der Waals surface area contributed by atoms with E-state index in [9.17, 15) is 4.79 Å². The minimum atomic E-state index is -0.191. The van der Waals surface area contributed by atoms with E-state index in [2.05, 4.69) is 25.5 Å². The van der Waals surface area contributed by atoms with Crippen molar-refractivity contribution in [2.75, 3.05) is 5.32 Å². The molecular weight excluding hydrogens is 470 g/mol. The molecule has 6 rings (SSSR count). The van der Waals surface area contributed by atoms with Crippen LogP contribution >= 0.6 is 11.3 Å². The van der Waals surface area contributed by atoms with Crippen LogP contribution < -0.4 is 5.32 Å². The van der Waals surface area contributed by atoms with E-state index in [0.29, 0.717) is 33.4 Å². The van der Waals surface area contributed by atoms with E-state index in [-0.39, 0.29) is 5.91 Å². The summed E-state index contributed by atoms with van der Waals surface area (Å²) >= 11 is 1.38. The SMILES string of the molecule is Cc1nc(-c2ccccc2)sc1C(=O)Nc1cccc(-c2ccc3nnc(-c4ccccn4)n3n2)c1. The lowest BCUT2D eigenvalue weighted by molar-refractivity contribution is 0.103. The molecule has 0 saturated heterocycles. The summed E-state index contributed by atoms with van der Waals surface area (Å²) in [5.74, 6) is 0.371. The molecule has 0 saturated carbocycles. The van der Waals surface area contributed by atoms with Gasteiger partial charge in [-0.25, -0.2) is 4.98 Å². The van der Waals surface area contributed by atoms with Crippen molar-refractivity contribution in [3.63, 3.8) is 0 Å². The average molecular weight is 490 g/mol. The summed E-state index contributed by atoms with van der Waals surface area (Å²) < 4.78 is 1.68. The molecule has 174 valence electrons. The Hall–Kier alpha value is -4.76. The number of benzene rings is 2. The quantitative estimate of drug-likeness (QED) is 0.342. The maximum atomic E-state index is 13.1. The number of aryl methyl sites for hydroxylation is 1. The standard InChI is InChI=1S/C27H19N7OS/c1-17-24(36-27(29-17)18-8-3-2-4-9-18)26(35)30-20-11-7-10-19(16-20)21-13-14-23-31-32-25(34(23)33-21)22-12-5-6-15-28-22/h2-16H,1H3,(H,30,35). The molecular formula is C27H19N7OS. The normalized spacial score (nSPS) is 11.0. The van der Waals surface area contributed by atoms with Crippen LogP contribution in [0.3, 0.4) is 0 Å². The molecule has 1 amide bonds. The van der Waals surface area contributed by atoms with Crippen LogP contribution in [-0.4, -0.2) is 35.7 Å². The molecule has 4 heterocycles. The molecule has 6 aromatic rings. The number of hydrogen-bond acceptors (Lipinski definition) is 7. The molecule has 0 radical (unpaired) electrons. The second-order valence-electron chi connectivity index (χ2n) is 8.06. The van der Waals surface area contributed by atoms with Crippen LogP contribution in [0, 0.1) is 6.92 Å². The lowest BCUT2D eigenvalue weighted by Gasteiger charge is -2.07. The van der Waals surface area contributed by atoms with Gasteiger partial charge in [-0.1, -0.05) is 48.5 Å². The summed E-state index contributed by atoms with van der Waals surface area (Å²) in [6.07, 6.45) is 1.71. The second-order valence-corrected chi connectivity index (χ2v) is 9.06. The van der Waals surface area contributed by atoms with Crippen molar-refractivity contribution >= 4 is 28.6 Å². The molecule has 0 unspecified atom stereocenters. The third-order valence-electron chi connectivity index (χ3n) is 5.60. The zero-order valence-electron chi connectivity index (χ0n) is 19.2. The molecule has 0 aliphatic rings.